The Hall–Kier alpha value is -0.110. The van der Waals surface area contributed by atoms with Crippen molar-refractivity contribution in [1.82, 2.24) is 0 Å². The van der Waals surface area contributed by atoms with Gasteiger partial charge in [0.1, 0.15) is 0 Å². The van der Waals surface area contributed by atoms with Gasteiger partial charge in [-0.15, -0.1) is 0 Å². The van der Waals surface area contributed by atoms with Gasteiger partial charge in [0.05, 0.1) is 6.61 Å². The molecule has 0 spiro atoms. The third-order valence-corrected chi connectivity index (χ3v) is 5.32. The Morgan fingerprint density at radius 3 is 1.28 bits per heavy atom. The fourth-order valence-electron chi connectivity index (χ4n) is 3.23. The van der Waals surface area contributed by atoms with Crippen LogP contribution < -0.4 is 0 Å². The Morgan fingerprint density at radius 2 is 0.880 bits per heavy atom. The average molecular weight is 371 g/mol. The molecule has 25 heavy (non-hydrogen) atoms. The van der Waals surface area contributed by atoms with E-state index in [4.69, 9.17) is 17.0 Å². The minimum atomic E-state index is 0.822. The molecule has 1 nitrogen and oxygen atoms in total. The molecular formula is C23H46OS. The van der Waals surface area contributed by atoms with Crippen LogP contribution in [0.2, 0.25) is 0 Å². The highest BCUT2D eigenvalue weighted by atomic mass is 32.1. The minimum absolute atomic E-state index is 0.822. The molecule has 0 heterocycles. The molecule has 0 rings (SSSR count). The fraction of sp³-hybridized carbons (Fsp3) is 0.957. The van der Waals surface area contributed by atoms with E-state index >= 15 is 0 Å². The molecule has 0 amide bonds. The normalized spacial score (nSPS) is 11.0. The van der Waals surface area contributed by atoms with Gasteiger partial charge in [0, 0.05) is 6.42 Å². The van der Waals surface area contributed by atoms with Crippen molar-refractivity contribution < 1.29 is 4.74 Å². The summed E-state index contributed by atoms with van der Waals surface area (Å²) < 4.78 is 5.59. The maximum atomic E-state index is 5.59. The molecule has 0 aromatic heterocycles. The third-order valence-electron chi connectivity index (χ3n) is 5.00. The van der Waals surface area contributed by atoms with Crippen LogP contribution in [0.15, 0.2) is 0 Å². The molecular weight excluding hydrogens is 324 g/mol. The topological polar surface area (TPSA) is 9.23 Å². The van der Waals surface area contributed by atoms with Gasteiger partial charge >= 0.3 is 0 Å². The standard InChI is InChI=1S/C23H46OS/c1-3-5-7-8-9-10-11-12-13-14-15-16-17-18-19-20-22-24-23(25)21-6-4-2/h3-22H2,1-2H3. The van der Waals surface area contributed by atoms with E-state index in [0.717, 1.165) is 24.5 Å². The van der Waals surface area contributed by atoms with Gasteiger partial charge in [0.2, 0.25) is 0 Å². The molecule has 150 valence electrons. The molecule has 0 aromatic rings. The van der Waals surface area contributed by atoms with Crippen molar-refractivity contribution in [2.24, 2.45) is 0 Å². The summed E-state index contributed by atoms with van der Waals surface area (Å²) in [6.07, 6.45) is 25.9. The second kappa shape index (κ2) is 21.9. The Morgan fingerprint density at radius 1 is 0.520 bits per heavy atom. The first-order chi connectivity index (χ1) is 12.3. The molecule has 0 fully saturated rings. The molecule has 0 radical (unpaired) electrons. The zero-order valence-electron chi connectivity index (χ0n) is 17.5. The van der Waals surface area contributed by atoms with Gasteiger partial charge in [0.15, 0.2) is 5.05 Å². The lowest BCUT2D eigenvalue weighted by atomic mass is 10.0. The highest BCUT2D eigenvalue weighted by molar-refractivity contribution is 7.80. The molecule has 0 N–H and O–H groups in total. The van der Waals surface area contributed by atoms with Gasteiger partial charge in [-0.05, 0) is 25.1 Å². The van der Waals surface area contributed by atoms with Crippen LogP contribution in [0.1, 0.15) is 136 Å². The highest BCUT2D eigenvalue weighted by Gasteiger charge is 1.97. The zero-order chi connectivity index (χ0) is 18.4. The summed E-state index contributed by atoms with van der Waals surface area (Å²) in [5.41, 5.74) is 0. The third kappa shape index (κ3) is 21.8. The van der Waals surface area contributed by atoms with Crippen molar-refractivity contribution in [2.45, 2.75) is 136 Å². The summed E-state index contributed by atoms with van der Waals surface area (Å²) in [6.45, 7) is 5.32. The summed E-state index contributed by atoms with van der Waals surface area (Å²) in [5, 5.41) is 0.822. The molecule has 0 atom stereocenters. The van der Waals surface area contributed by atoms with E-state index in [2.05, 4.69) is 13.8 Å². The molecule has 0 aliphatic carbocycles. The lowest BCUT2D eigenvalue weighted by Gasteiger charge is -2.07. The number of hydrogen-bond donors (Lipinski definition) is 0. The van der Waals surface area contributed by atoms with Gasteiger partial charge in [0.25, 0.3) is 0 Å². The second-order valence-electron chi connectivity index (χ2n) is 7.63. The molecule has 0 unspecified atom stereocenters. The smallest absolute Gasteiger partial charge is 0.159 e. The fourth-order valence-corrected chi connectivity index (χ4v) is 3.46. The Labute approximate surface area is 164 Å². The van der Waals surface area contributed by atoms with Crippen molar-refractivity contribution in [2.75, 3.05) is 6.61 Å². The van der Waals surface area contributed by atoms with Crippen LogP contribution in [0.25, 0.3) is 0 Å². The number of unbranched alkanes of at least 4 members (excludes halogenated alkanes) is 16. The molecule has 0 aromatic carbocycles. The van der Waals surface area contributed by atoms with E-state index in [-0.39, 0.29) is 0 Å². The molecule has 0 bridgehead atoms. The minimum Gasteiger partial charge on any atom is -0.487 e. The van der Waals surface area contributed by atoms with Crippen LogP contribution >= 0.6 is 12.2 Å². The van der Waals surface area contributed by atoms with Gasteiger partial charge in [-0.25, -0.2) is 0 Å². The van der Waals surface area contributed by atoms with Crippen molar-refractivity contribution in [1.29, 1.82) is 0 Å². The van der Waals surface area contributed by atoms with Crippen molar-refractivity contribution in [3.63, 3.8) is 0 Å². The second-order valence-corrected chi connectivity index (χ2v) is 8.08. The number of thiocarbonyl (C=S) groups is 1. The number of rotatable bonds is 20. The van der Waals surface area contributed by atoms with E-state index in [1.54, 1.807) is 0 Å². The highest BCUT2D eigenvalue weighted by Crippen LogP contribution is 2.13. The van der Waals surface area contributed by atoms with Gasteiger partial charge in [-0.1, -0.05) is 117 Å². The van der Waals surface area contributed by atoms with Crippen molar-refractivity contribution >= 4 is 17.3 Å². The summed E-state index contributed by atoms with van der Waals surface area (Å²) in [6, 6.07) is 0. The van der Waals surface area contributed by atoms with Crippen LogP contribution in [0.3, 0.4) is 0 Å². The van der Waals surface area contributed by atoms with Crippen LogP contribution in [0, 0.1) is 0 Å². The lowest BCUT2D eigenvalue weighted by molar-refractivity contribution is 0.291. The zero-order valence-corrected chi connectivity index (χ0v) is 18.3. The van der Waals surface area contributed by atoms with E-state index in [0.29, 0.717) is 0 Å². The molecule has 0 saturated carbocycles. The molecule has 0 saturated heterocycles. The maximum absolute atomic E-state index is 5.59. The summed E-state index contributed by atoms with van der Waals surface area (Å²) in [7, 11) is 0. The van der Waals surface area contributed by atoms with Crippen molar-refractivity contribution in [3.05, 3.63) is 0 Å². The first-order valence-electron chi connectivity index (χ1n) is 11.5. The maximum Gasteiger partial charge on any atom is 0.159 e. The average Bonchev–Trinajstić information content (AvgIpc) is 2.62. The SMILES string of the molecule is CCCCCCCCCCCCCCCCCCOC(=S)CCCC. The Kier molecular flexibility index (Phi) is 21.8. The molecule has 0 aliphatic rings. The monoisotopic (exact) mass is 370 g/mol. The van der Waals surface area contributed by atoms with Gasteiger partial charge < -0.3 is 4.74 Å². The van der Waals surface area contributed by atoms with Crippen LogP contribution in [-0.2, 0) is 4.74 Å². The quantitative estimate of drug-likeness (QED) is 0.156. The van der Waals surface area contributed by atoms with Gasteiger partial charge in [-0.3, -0.25) is 0 Å². The van der Waals surface area contributed by atoms with Crippen LogP contribution in [-0.4, -0.2) is 11.7 Å². The summed E-state index contributed by atoms with van der Waals surface area (Å²) in [4.78, 5) is 0. The molecule has 0 aliphatic heterocycles. The Bertz CT molecular complexity index is 265. The number of hydrogen-bond acceptors (Lipinski definition) is 2. The first kappa shape index (κ1) is 24.9. The summed E-state index contributed by atoms with van der Waals surface area (Å²) in [5.74, 6) is 0. The number of ether oxygens (including phenoxy) is 1. The van der Waals surface area contributed by atoms with Gasteiger partial charge in [-0.2, -0.15) is 0 Å². The van der Waals surface area contributed by atoms with E-state index in [9.17, 15) is 0 Å². The van der Waals surface area contributed by atoms with E-state index < -0.39 is 0 Å². The lowest BCUT2D eigenvalue weighted by Crippen LogP contribution is -2.03. The van der Waals surface area contributed by atoms with E-state index in [1.807, 2.05) is 0 Å². The van der Waals surface area contributed by atoms with Crippen LogP contribution in [0.4, 0.5) is 0 Å². The van der Waals surface area contributed by atoms with Crippen LogP contribution in [0.5, 0.6) is 0 Å². The predicted octanol–water partition coefficient (Wildman–Crippen LogP) is 8.78. The Balaban J connectivity index is 3.04. The van der Waals surface area contributed by atoms with E-state index in [1.165, 1.54) is 109 Å². The predicted molar refractivity (Wildman–Crippen MR) is 118 cm³/mol. The largest absolute Gasteiger partial charge is 0.487 e. The summed E-state index contributed by atoms with van der Waals surface area (Å²) >= 11 is 5.21. The molecule has 2 heteroatoms. The van der Waals surface area contributed by atoms with Crippen molar-refractivity contribution in [3.8, 4) is 0 Å². The first-order valence-corrected chi connectivity index (χ1v) is 11.9.